The summed E-state index contributed by atoms with van der Waals surface area (Å²) >= 11 is 0. The maximum atomic E-state index is 14.4. The van der Waals surface area contributed by atoms with Crippen molar-refractivity contribution in [2.75, 3.05) is 5.32 Å². The molecule has 10 heteroatoms. The van der Waals surface area contributed by atoms with Crippen molar-refractivity contribution in [1.82, 2.24) is 30.0 Å². The Kier molecular flexibility index (Phi) is 4.77. The van der Waals surface area contributed by atoms with Crippen molar-refractivity contribution in [2.24, 2.45) is 5.92 Å². The smallest absolute Gasteiger partial charge is 0.270 e. The molecule has 3 aromatic heterocycles. The molecule has 0 unspecified atom stereocenters. The molecule has 9 nitrogen and oxygen atoms in total. The van der Waals surface area contributed by atoms with Gasteiger partial charge in [-0.25, -0.2) is 24.0 Å². The first kappa shape index (κ1) is 22.9. The molecule has 0 radical (unpaired) electrons. The van der Waals surface area contributed by atoms with Gasteiger partial charge < -0.3 is 10.6 Å². The number of nitrogens with zero attached hydrogens (tertiary/aromatic N) is 5. The highest BCUT2D eigenvalue weighted by Crippen LogP contribution is 2.54. The number of hydrogen-bond donors (Lipinski definition) is 2. The van der Waals surface area contributed by atoms with E-state index in [9.17, 15) is 14.0 Å². The Morgan fingerprint density at radius 1 is 1.16 bits per heavy atom. The highest BCUT2D eigenvalue weighted by Gasteiger charge is 2.55. The van der Waals surface area contributed by atoms with Crippen LogP contribution in [0.4, 0.5) is 10.2 Å². The minimum Gasteiger partial charge on any atom is -0.345 e. The number of fused-ring (bicyclic) bond motifs is 2. The molecule has 4 heterocycles. The molecule has 0 saturated heterocycles. The number of halogens is 1. The second kappa shape index (κ2) is 7.89. The Balaban J connectivity index is 1.36. The topological polar surface area (TPSA) is 115 Å². The summed E-state index contributed by atoms with van der Waals surface area (Å²) in [6, 6.07) is 10.1. The van der Waals surface area contributed by atoms with Gasteiger partial charge in [-0.3, -0.25) is 9.59 Å². The number of carbonyl (C=O) groups is 2. The molecule has 2 fully saturated rings. The van der Waals surface area contributed by atoms with E-state index in [0.717, 1.165) is 25.7 Å². The van der Waals surface area contributed by atoms with Gasteiger partial charge in [0.05, 0.1) is 17.3 Å². The molecule has 7 rings (SSSR count). The van der Waals surface area contributed by atoms with Crippen LogP contribution in [0.15, 0.2) is 42.6 Å². The summed E-state index contributed by atoms with van der Waals surface area (Å²) in [5, 5.41) is 11.5. The molecule has 192 valence electrons. The molecule has 2 N–H and O–H groups in total. The normalized spacial score (nSPS) is 18.8. The van der Waals surface area contributed by atoms with E-state index in [4.69, 9.17) is 10.1 Å². The van der Waals surface area contributed by atoms with Crippen LogP contribution in [0.2, 0.25) is 0 Å². The fourth-order valence-electron chi connectivity index (χ4n) is 5.55. The van der Waals surface area contributed by atoms with Crippen LogP contribution in [0, 0.1) is 11.7 Å². The zero-order valence-corrected chi connectivity index (χ0v) is 21.1. The molecule has 2 amide bonds. The van der Waals surface area contributed by atoms with Crippen molar-refractivity contribution in [3.63, 3.8) is 0 Å². The van der Waals surface area contributed by atoms with Gasteiger partial charge in [0.25, 0.3) is 5.91 Å². The Morgan fingerprint density at radius 3 is 2.68 bits per heavy atom. The van der Waals surface area contributed by atoms with E-state index in [0.29, 0.717) is 39.6 Å². The minimum absolute atomic E-state index is 0.159. The van der Waals surface area contributed by atoms with Gasteiger partial charge in [0, 0.05) is 22.9 Å². The van der Waals surface area contributed by atoms with Gasteiger partial charge >= 0.3 is 0 Å². The molecule has 4 aromatic rings. The summed E-state index contributed by atoms with van der Waals surface area (Å²) in [4.78, 5) is 40.4. The molecule has 2 aliphatic carbocycles. The first-order chi connectivity index (χ1) is 18.3. The van der Waals surface area contributed by atoms with Gasteiger partial charge in [0.2, 0.25) is 5.91 Å². The van der Waals surface area contributed by atoms with Crippen molar-refractivity contribution in [2.45, 2.75) is 57.0 Å². The van der Waals surface area contributed by atoms with E-state index in [-0.39, 0.29) is 41.2 Å². The number of carbonyl (C=O) groups excluding carboxylic acids is 2. The largest absolute Gasteiger partial charge is 0.345 e. The van der Waals surface area contributed by atoms with E-state index in [1.54, 1.807) is 49.0 Å². The maximum absolute atomic E-state index is 14.4. The monoisotopic (exact) mass is 511 g/mol. The van der Waals surface area contributed by atoms with Gasteiger partial charge in [-0.2, -0.15) is 5.10 Å². The van der Waals surface area contributed by atoms with Gasteiger partial charge in [-0.1, -0.05) is 18.2 Å². The Labute approximate surface area is 217 Å². The number of aromatic nitrogens is 5. The number of amides is 2. The molecular formula is C28H26FN7O2. The second-order valence-electron chi connectivity index (χ2n) is 11.1. The third kappa shape index (κ3) is 3.50. The average Bonchev–Trinajstić information content (AvgIpc) is 3.82. The van der Waals surface area contributed by atoms with Gasteiger partial charge in [-0.05, 0) is 63.6 Å². The molecule has 1 aromatic carbocycles. The van der Waals surface area contributed by atoms with Gasteiger partial charge in [-0.15, -0.1) is 0 Å². The second-order valence-corrected chi connectivity index (χ2v) is 11.1. The molecule has 0 atom stereocenters. The van der Waals surface area contributed by atoms with Crippen molar-refractivity contribution < 1.29 is 14.0 Å². The van der Waals surface area contributed by atoms with E-state index in [1.165, 1.54) is 6.07 Å². The van der Waals surface area contributed by atoms with Crippen molar-refractivity contribution in [3.8, 4) is 11.5 Å². The minimum atomic E-state index is -0.968. The standard InChI is InChI=1S/C28H26FN7O2/c1-27(2)19-21(25(37)34-28(11-12-28)16-9-10-16)31-23(32-22(19)33-26(27)38)20-17-7-5-13-30-24(17)36(35-20)14-15-6-3-4-8-18(15)29/h3-8,13,16H,9-12,14H2,1-2H3,(H,34,37)(H,31,32,33,38). The molecule has 1 aliphatic heterocycles. The predicted octanol–water partition coefficient (Wildman–Crippen LogP) is 3.98. The molecule has 2 saturated carbocycles. The summed E-state index contributed by atoms with van der Waals surface area (Å²) in [5.41, 5.74) is 0.953. The van der Waals surface area contributed by atoms with Crippen molar-refractivity contribution in [1.29, 1.82) is 0 Å². The summed E-state index contributed by atoms with van der Waals surface area (Å²) < 4.78 is 16.0. The quantitative estimate of drug-likeness (QED) is 0.405. The summed E-state index contributed by atoms with van der Waals surface area (Å²) in [6.45, 7) is 3.70. The fraction of sp³-hybridized carbons (Fsp3) is 0.357. The lowest BCUT2D eigenvalue weighted by atomic mass is 9.85. The van der Waals surface area contributed by atoms with Crippen molar-refractivity contribution in [3.05, 3.63) is 65.2 Å². The van der Waals surface area contributed by atoms with Gasteiger partial charge in [0.15, 0.2) is 11.5 Å². The van der Waals surface area contributed by atoms with Crippen LogP contribution in [0.5, 0.6) is 0 Å². The SMILES string of the molecule is CC1(C)C(=O)Nc2nc(-c3nn(Cc4ccccc4F)c4ncccc34)nc(C(=O)NC3(C4CC4)CC3)c21. The average molecular weight is 512 g/mol. The van der Waals surface area contributed by atoms with E-state index >= 15 is 0 Å². The fourth-order valence-corrected chi connectivity index (χ4v) is 5.55. The van der Waals surface area contributed by atoms with Crippen LogP contribution in [-0.4, -0.2) is 42.1 Å². The molecule has 3 aliphatic rings. The molecule has 0 bridgehead atoms. The number of anilines is 1. The Bertz CT molecular complexity index is 1650. The van der Waals surface area contributed by atoms with E-state index in [2.05, 4.69) is 20.6 Å². The number of hydrogen-bond acceptors (Lipinski definition) is 6. The lowest BCUT2D eigenvalue weighted by Crippen LogP contribution is -2.40. The van der Waals surface area contributed by atoms with E-state index < -0.39 is 5.41 Å². The number of benzene rings is 1. The Morgan fingerprint density at radius 2 is 1.95 bits per heavy atom. The predicted molar refractivity (Wildman–Crippen MR) is 138 cm³/mol. The third-order valence-corrected chi connectivity index (χ3v) is 8.06. The van der Waals surface area contributed by atoms with Crippen LogP contribution in [0.3, 0.4) is 0 Å². The molecule has 0 spiro atoms. The maximum Gasteiger partial charge on any atom is 0.270 e. The summed E-state index contributed by atoms with van der Waals surface area (Å²) in [5.74, 6) is 0.147. The number of rotatable bonds is 6. The highest BCUT2D eigenvalue weighted by atomic mass is 19.1. The Hall–Kier alpha value is -4.21. The lowest BCUT2D eigenvalue weighted by molar-refractivity contribution is -0.119. The van der Waals surface area contributed by atoms with Crippen LogP contribution in [0.1, 0.15) is 61.1 Å². The molecule has 38 heavy (non-hydrogen) atoms. The van der Waals surface area contributed by atoms with Crippen LogP contribution < -0.4 is 10.6 Å². The van der Waals surface area contributed by atoms with E-state index in [1.807, 2.05) is 6.07 Å². The third-order valence-electron chi connectivity index (χ3n) is 8.06. The molecular weight excluding hydrogens is 485 g/mol. The zero-order chi connectivity index (χ0) is 26.2. The summed E-state index contributed by atoms with van der Waals surface area (Å²) in [7, 11) is 0. The number of pyridine rings is 1. The zero-order valence-electron chi connectivity index (χ0n) is 21.1. The van der Waals surface area contributed by atoms with Crippen LogP contribution >= 0.6 is 0 Å². The first-order valence-corrected chi connectivity index (χ1v) is 12.9. The van der Waals surface area contributed by atoms with Crippen LogP contribution in [0.25, 0.3) is 22.6 Å². The lowest BCUT2D eigenvalue weighted by Gasteiger charge is -2.21. The highest BCUT2D eigenvalue weighted by molar-refractivity contribution is 6.09. The van der Waals surface area contributed by atoms with Crippen molar-refractivity contribution >= 4 is 28.7 Å². The number of nitrogens with one attached hydrogen (secondary N) is 2. The van der Waals surface area contributed by atoms with Crippen LogP contribution in [-0.2, 0) is 16.8 Å². The van der Waals surface area contributed by atoms with Gasteiger partial charge in [0.1, 0.15) is 23.0 Å². The first-order valence-electron chi connectivity index (χ1n) is 12.9. The summed E-state index contributed by atoms with van der Waals surface area (Å²) in [6.07, 6.45) is 5.81.